The zero-order valence-electron chi connectivity index (χ0n) is 14.5. The minimum Gasteiger partial charge on any atom is -0.197 e. The van der Waals surface area contributed by atoms with Crippen molar-refractivity contribution >= 4 is 27.0 Å². The molecular weight excluding hydrogens is 352 g/mol. The van der Waals surface area contributed by atoms with Crippen LogP contribution in [0.1, 0.15) is 0 Å². The second kappa shape index (κ2) is 12.0. The van der Waals surface area contributed by atoms with Crippen molar-refractivity contribution in [3.05, 3.63) is 121 Å². The second-order valence-electron chi connectivity index (χ2n) is 5.46. The van der Waals surface area contributed by atoms with Crippen molar-refractivity contribution in [3.8, 4) is 22.3 Å². The molecule has 0 unspecified atom stereocenters. The zero-order valence-corrected chi connectivity index (χ0v) is 16.5. The molecule has 0 aromatic heterocycles. The Balaban J connectivity index is 0.000000241. The molecule has 0 aliphatic heterocycles. The maximum atomic E-state index is 2.12. The summed E-state index contributed by atoms with van der Waals surface area (Å²) in [4.78, 5) is 0. The molecule has 0 saturated heterocycles. The van der Waals surface area contributed by atoms with Gasteiger partial charge in [0.2, 0.25) is 0 Å². The molecule has 0 spiro atoms. The highest BCUT2D eigenvalue weighted by atomic mass is 32.1. The summed E-state index contributed by atoms with van der Waals surface area (Å²) in [5.74, 6) is 0. The predicted octanol–water partition coefficient (Wildman–Crippen LogP) is 6.93. The van der Waals surface area contributed by atoms with E-state index in [1.165, 1.54) is 22.3 Å². The molecule has 0 aliphatic carbocycles. The molecule has 0 amide bonds. The van der Waals surface area contributed by atoms with Crippen LogP contribution in [0.2, 0.25) is 0 Å². The Kier molecular flexibility index (Phi) is 9.99. The van der Waals surface area contributed by atoms with Crippen molar-refractivity contribution in [2.75, 3.05) is 0 Å². The van der Waals surface area contributed by atoms with Gasteiger partial charge in [0.1, 0.15) is 0 Å². The largest absolute Gasteiger partial charge is 0.197 e. The van der Waals surface area contributed by atoms with Gasteiger partial charge in [-0.25, -0.2) is 0 Å². The van der Waals surface area contributed by atoms with E-state index >= 15 is 0 Å². The Morgan fingerprint density at radius 3 is 0.538 bits per heavy atom. The van der Waals surface area contributed by atoms with Gasteiger partial charge in [0.05, 0.1) is 0 Å². The number of hydrogen-bond donors (Lipinski definition) is 0. The SMILES string of the molecule is S.S.c1ccc(-c2ccccc2)cc1.c1ccc(-c2ccccc2)cc1. The quantitative estimate of drug-likeness (QED) is 0.356. The van der Waals surface area contributed by atoms with Gasteiger partial charge in [-0.05, 0) is 22.3 Å². The van der Waals surface area contributed by atoms with Gasteiger partial charge in [0.25, 0.3) is 0 Å². The van der Waals surface area contributed by atoms with E-state index in [0.717, 1.165) is 0 Å². The summed E-state index contributed by atoms with van der Waals surface area (Å²) in [7, 11) is 0. The molecule has 0 saturated carbocycles. The Bertz CT molecular complexity index is 680. The topological polar surface area (TPSA) is 0 Å². The molecule has 4 aromatic rings. The first kappa shape index (κ1) is 21.6. The summed E-state index contributed by atoms with van der Waals surface area (Å²) in [5.41, 5.74) is 5.10. The Morgan fingerprint density at radius 1 is 0.231 bits per heavy atom. The first-order chi connectivity index (χ1) is 11.9. The molecule has 0 aliphatic rings. The lowest BCUT2D eigenvalue weighted by atomic mass is 10.1. The zero-order chi connectivity index (χ0) is 16.5. The molecule has 132 valence electrons. The fourth-order valence-corrected chi connectivity index (χ4v) is 2.52. The third-order valence-corrected chi connectivity index (χ3v) is 3.76. The number of hydrogen-bond acceptors (Lipinski definition) is 0. The molecule has 0 N–H and O–H groups in total. The van der Waals surface area contributed by atoms with Crippen LogP contribution in [0.15, 0.2) is 121 Å². The van der Waals surface area contributed by atoms with E-state index in [4.69, 9.17) is 0 Å². The van der Waals surface area contributed by atoms with Crippen LogP contribution in [0.5, 0.6) is 0 Å². The molecule has 0 fully saturated rings. The maximum absolute atomic E-state index is 2.12. The van der Waals surface area contributed by atoms with Gasteiger partial charge < -0.3 is 0 Å². The summed E-state index contributed by atoms with van der Waals surface area (Å²) < 4.78 is 0. The summed E-state index contributed by atoms with van der Waals surface area (Å²) in [6.07, 6.45) is 0. The molecule has 0 heterocycles. The van der Waals surface area contributed by atoms with Crippen LogP contribution >= 0.6 is 27.0 Å². The van der Waals surface area contributed by atoms with Crippen molar-refractivity contribution in [1.82, 2.24) is 0 Å². The van der Waals surface area contributed by atoms with Gasteiger partial charge in [0, 0.05) is 0 Å². The summed E-state index contributed by atoms with van der Waals surface area (Å²) in [5, 5.41) is 0. The lowest BCUT2D eigenvalue weighted by Gasteiger charge is -1.98. The molecule has 26 heavy (non-hydrogen) atoms. The van der Waals surface area contributed by atoms with E-state index in [2.05, 4.69) is 97.1 Å². The molecule has 0 radical (unpaired) electrons. The predicted molar refractivity (Wildman–Crippen MR) is 125 cm³/mol. The van der Waals surface area contributed by atoms with Crippen LogP contribution in [-0.2, 0) is 0 Å². The molecule has 4 aromatic carbocycles. The minimum absolute atomic E-state index is 0. The summed E-state index contributed by atoms with van der Waals surface area (Å²) in [6, 6.07) is 41.6. The van der Waals surface area contributed by atoms with Gasteiger partial charge in [-0.15, -0.1) is 0 Å². The standard InChI is InChI=1S/2C12H10.2H2S/c2*1-3-7-11(8-4-1)12-9-5-2-6-10-12;;/h2*1-10H;2*1H2. The fourth-order valence-electron chi connectivity index (χ4n) is 2.52. The smallest absolute Gasteiger partial charge is 0.0184 e. The summed E-state index contributed by atoms with van der Waals surface area (Å²) >= 11 is 0. The molecule has 0 atom stereocenters. The number of rotatable bonds is 2. The molecule has 2 heteroatoms. The highest BCUT2D eigenvalue weighted by Gasteiger charge is 1.92. The lowest BCUT2D eigenvalue weighted by Crippen LogP contribution is -1.73. The van der Waals surface area contributed by atoms with E-state index in [-0.39, 0.29) is 27.0 Å². The van der Waals surface area contributed by atoms with Crippen molar-refractivity contribution < 1.29 is 0 Å². The number of benzene rings is 4. The fraction of sp³-hybridized carbons (Fsp3) is 0. The first-order valence-electron chi connectivity index (χ1n) is 8.14. The van der Waals surface area contributed by atoms with Crippen LogP contribution in [0.3, 0.4) is 0 Å². The van der Waals surface area contributed by atoms with Crippen molar-refractivity contribution in [3.63, 3.8) is 0 Å². The van der Waals surface area contributed by atoms with Crippen molar-refractivity contribution in [2.24, 2.45) is 0 Å². The Morgan fingerprint density at radius 2 is 0.385 bits per heavy atom. The van der Waals surface area contributed by atoms with Gasteiger partial charge in [-0.1, -0.05) is 121 Å². The molecule has 0 bridgehead atoms. The van der Waals surface area contributed by atoms with Gasteiger partial charge in [-0.3, -0.25) is 0 Å². The Hall–Kier alpha value is -2.42. The van der Waals surface area contributed by atoms with Crippen molar-refractivity contribution in [1.29, 1.82) is 0 Å². The van der Waals surface area contributed by atoms with E-state index in [9.17, 15) is 0 Å². The third-order valence-electron chi connectivity index (χ3n) is 3.76. The van der Waals surface area contributed by atoms with Gasteiger partial charge >= 0.3 is 0 Å². The van der Waals surface area contributed by atoms with Crippen LogP contribution in [0, 0.1) is 0 Å². The van der Waals surface area contributed by atoms with Gasteiger partial charge in [-0.2, -0.15) is 27.0 Å². The average Bonchev–Trinajstić information content (AvgIpc) is 2.71. The average molecular weight is 377 g/mol. The third kappa shape index (κ3) is 6.47. The lowest BCUT2D eigenvalue weighted by molar-refractivity contribution is 1.62. The highest BCUT2D eigenvalue weighted by Crippen LogP contribution is 2.18. The van der Waals surface area contributed by atoms with E-state index in [0.29, 0.717) is 0 Å². The van der Waals surface area contributed by atoms with Crippen LogP contribution in [0.4, 0.5) is 0 Å². The minimum atomic E-state index is 0. The van der Waals surface area contributed by atoms with Crippen LogP contribution in [0.25, 0.3) is 22.3 Å². The van der Waals surface area contributed by atoms with E-state index in [1.807, 2.05) is 24.3 Å². The van der Waals surface area contributed by atoms with E-state index < -0.39 is 0 Å². The molecular formula is C24H24S2. The maximum Gasteiger partial charge on any atom is -0.0184 e. The van der Waals surface area contributed by atoms with Gasteiger partial charge in [0.15, 0.2) is 0 Å². The van der Waals surface area contributed by atoms with Crippen LogP contribution in [-0.4, -0.2) is 0 Å². The molecule has 0 nitrogen and oxygen atoms in total. The van der Waals surface area contributed by atoms with Crippen molar-refractivity contribution in [2.45, 2.75) is 0 Å². The van der Waals surface area contributed by atoms with E-state index in [1.54, 1.807) is 0 Å². The second-order valence-corrected chi connectivity index (χ2v) is 5.46. The van der Waals surface area contributed by atoms with Crippen LogP contribution < -0.4 is 0 Å². The first-order valence-corrected chi connectivity index (χ1v) is 8.14. The monoisotopic (exact) mass is 376 g/mol. The highest BCUT2D eigenvalue weighted by molar-refractivity contribution is 7.59. The normalized spacial score (nSPS) is 8.92. The Labute approximate surface area is 170 Å². The molecule has 4 rings (SSSR count). The summed E-state index contributed by atoms with van der Waals surface area (Å²) in [6.45, 7) is 0.